The van der Waals surface area contributed by atoms with E-state index in [4.69, 9.17) is 0 Å². The SMILES string of the molecule is CC1=Cc2ccccc2[CH]1[Ti+2]([CH]1C(c2cc(C)cc3ccccc23)=Cc2ccccc21)=[Si](C)C.[Cl-].[Cl-]. The van der Waals surface area contributed by atoms with E-state index >= 15 is 0 Å². The first-order valence-electron chi connectivity index (χ1n) is 12.3. The van der Waals surface area contributed by atoms with Crippen molar-refractivity contribution in [2.45, 2.75) is 35.4 Å². The van der Waals surface area contributed by atoms with Crippen LogP contribution in [0.5, 0.6) is 0 Å². The second-order valence-corrected chi connectivity index (χ2v) is 22.4. The van der Waals surface area contributed by atoms with Gasteiger partial charge in [0, 0.05) is 0 Å². The molecule has 2 atom stereocenters. The van der Waals surface area contributed by atoms with Crippen LogP contribution in [0.25, 0.3) is 28.5 Å². The maximum atomic E-state index is 2.60. The Morgan fingerprint density at radius 3 is 1.94 bits per heavy atom. The molecule has 0 aliphatic heterocycles. The van der Waals surface area contributed by atoms with Crippen molar-refractivity contribution in [1.29, 1.82) is 0 Å². The Balaban J connectivity index is 0.00000152. The van der Waals surface area contributed by atoms with E-state index in [1.807, 2.05) is 0 Å². The summed E-state index contributed by atoms with van der Waals surface area (Å²) in [5.41, 5.74) is 12.1. The zero-order chi connectivity index (χ0) is 23.4. The van der Waals surface area contributed by atoms with E-state index in [1.165, 1.54) is 33.0 Å². The van der Waals surface area contributed by atoms with Crippen LogP contribution in [0.2, 0.25) is 13.1 Å². The van der Waals surface area contributed by atoms with Crippen LogP contribution in [0.3, 0.4) is 0 Å². The van der Waals surface area contributed by atoms with E-state index in [-0.39, 0.29) is 24.8 Å². The molecule has 4 aromatic carbocycles. The van der Waals surface area contributed by atoms with Crippen LogP contribution in [-0.4, -0.2) is 6.19 Å². The molecule has 2 unspecified atom stereocenters. The van der Waals surface area contributed by atoms with Gasteiger partial charge in [0.05, 0.1) is 0 Å². The fourth-order valence-corrected chi connectivity index (χ4v) is 19.8. The molecule has 36 heavy (non-hydrogen) atoms. The predicted molar refractivity (Wildman–Crippen MR) is 146 cm³/mol. The molecular weight excluding hydrogens is 531 g/mol. The summed E-state index contributed by atoms with van der Waals surface area (Å²) in [5, 5.41) is 2.75. The summed E-state index contributed by atoms with van der Waals surface area (Å²) in [6.07, 6.45) is 4.55. The van der Waals surface area contributed by atoms with Gasteiger partial charge in [0.15, 0.2) is 0 Å². The van der Waals surface area contributed by atoms with Gasteiger partial charge in [-0.2, -0.15) is 0 Å². The summed E-state index contributed by atoms with van der Waals surface area (Å²) >= 11 is -1.68. The monoisotopic (exact) mass is 560 g/mol. The van der Waals surface area contributed by atoms with Gasteiger partial charge >= 0.3 is 211 Å². The molecule has 2 aliphatic rings. The summed E-state index contributed by atoms with van der Waals surface area (Å²) in [5.74, 6) is 0. The Morgan fingerprint density at radius 1 is 0.667 bits per heavy atom. The van der Waals surface area contributed by atoms with Crippen LogP contribution in [0.4, 0.5) is 0 Å². The van der Waals surface area contributed by atoms with Crippen molar-refractivity contribution in [3.05, 3.63) is 124 Å². The predicted octanol–water partition coefficient (Wildman–Crippen LogP) is 2.78. The molecule has 2 aliphatic carbocycles. The van der Waals surface area contributed by atoms with Crippen molar-refractivity contribution >= 4 is 34.7 Å². The maximum Gasteiger partial charge on any atom is -1.00 e. The van der Waals surface area contributed by atoms with Gasteiger partial charge in [-0.1, -0.05) is 0 Å². The third-order valence-electron chi connectivity index (χ3n) is 7.59. The Kier molecular flexibility index (Phi) is 8.19. The maximum absolute atomic E-state index is 2.60. The summed E-state index contributed by atoms with van der Waals surface area (Å²) in [7, 11) is 0. The molecule has 0 heterocycles. The topological polar surface area (TPSA) is 0 Å². The molecule has 180 valence electrons. The van der Waals surface area contributed by atoms with Crippen LogP contribution in [-0.2, 0) is 16.6 Å². The summed E-state index contributed by atoms with van der Waals surface area (Å²) < 4.78 is 1.22. The van der Waals surface area contributed by atoms with E-state index in [2.05, 4.69) is 124 Å². The van der Waals surface area contributed by atoms with Gasteiger partial charge in [-0.3, -0.25) is 0 Å². The zero-order valence-electron chi connectivity index (χ0n) is 21.1. The third-order valence-corrected chi connectivity index (χ3v) is 20.6. The van der Waals surface area contributed by atoms with Crippen LogP contribution >= 0.6 is 0 Å². The number of hydrogen-bond acceptors (Lipinski definition) is 0. The molecule has 0 saturated carbocycles. The molecule has 4 heteroatoms. The van der Waals surface area contributed by atoms with Gasteiger partial charge in [-0.25, -0.2) is 0 Å². The van der Waals surface area contributed by atoms with E-state index < -0.39 is 22.8 Å². The molecule has 0 aromatic heterocycles. The van der Waals surface area contributed by atoms with Gasteiger partial charge in [0.25, 0.3) is 0 Å². The Labute approximate surface area is 234 Å². The van der Waals surface area contributed by atoms with E-state index in [0.717, 1.165) is 0 Å². The largest absolute Gasteiger partial charge is 1.00 e. The van der Waals surface area contributed by atoms with Crippen LogP contribution in [0.1, 0.15) is 48.7 Å². The number of hydrogen-bond donors (Lipinski definition) is 0. The number of halogens is 2. The minimum Gasteiger partial charge on any atom is -1.00 e. The second-order valence-electron chi connectivity index (χ2n) is 10.1. The number of allylic oxidation sites excluding steroid dienone is 2. The Hall–Kier alpha value is -1.87. The molecule has 0 radical (unpaired) electrons. The first kappa shape index (κ1) is 27.2. The van der Waals surface area contributed by atoms with Crippen LogP contribution < -0.4 is 24.8 Å². The quantitative estimate of drug-likeness (QED) is 0.338. The van der Waals surface area contributed by atoms with Gasteiger partial charge < -0.3 is 24.8 Å². The van der Waals surface area contributed by atoms with Gasteiger partial charge in [0.1, 0.15) is 0 Å². The van der Waals surface area contributed by atoms with Crippen molar-refractivity contribution < 1.29 is 41.4 Å². The van der Waals surface area contributed by atoms with Crippen molar-refractivity contribution in [1.82, 2.24) is 0 Å². The Bertz CT molecular complexity index is 1560. The zero-order valence-corrected chi connectivity index (χ0v) is 25.2. The summed E-state index contributed by atoms with van der Waals surface area (Å²) in [4.78, 5) is 0. The first-order valence-corrected chi connectivity index (χ1v) is 18.9. The molecule has 0 nitrogen and oxygen atoms in total. The molecule has 0 N–H and O–H groups in total. The molecular formula is C32H30Cl2SiTi. The van der Waals surface area contributed by atoms with Gasteiger partial charge in [-0.15, -0.1) is 0 Å². The number of rotatable bonds is 3. The molecule has 0 saturated heterocycles. The molecule has 6 rings (SSSR count). The van der Waals surface area contributed by atoms with E-state index in [0.29, 0.717) is 8.45 Å². The van der Waals surface area contributed by atoms with Crippen molar-refractivity contribution in [3.8, 4) is 0 Å². The third kappa shape index (κ3) is 4.51. The van der Waals surface area contributed by atoms with Crippen molar-refractivity contribution in [2.24, 2.45) is 0 Å². The summed E-state index contributed by atoms with van der Waals surface area (Å²) in [6.45, 7) is 9.84. The van der Waals surface area contributed by atoms with Crippen molar-refractivity contribution in [3.63, 3.8) is 0 Å². The molecule has 0 bridgehead atoms. The normalized spacial score (nSPS) is 17.1. The number of fused-ring (bicyclic) bond motifs is 3. The van der Waals surface area contributed by atoms with Gasteiger partial charge in [0.2, 0.25) is 0 Å². The standard InChI is InChI=1S/C20H15.C10H9.C2H6Si.2ClH.Ti/c1-14-10-17-8-4-5-9-19(17)20(11-14)18-12-15-6-2-3-7-16(15)13-18;1-8-6-9-4-2-3-5-10(9)7-8;1-3-2;;;/h2-13H,1H3;2-7H,1H3;1-2H3;2*1H;/q;;;;;+2/p-2. The average molecular weight is 561 g/mol. The summed E-state index contributed by atoms with van der Waals surface area (Å²) in [6, 6.07) is 32.2. The van der Waals surface area contributed by atoms with Crippen molar-refractivity contribution in [2.75, 3.05) is 0 Å². The van der Waals surface area contributed by atoms with E-state index in [9.17, 15) is 0 Å². The molecule has 0 spiro atoms. The second kappa shape index (κ2) is 10.9. The molecule has 0 amide bonds. The fraction of sp³-hybridized carbons (Fsp3) is 0.188. The number of benzene rings is 4. The van der Waals surface area contributed by atoms with Crippen LogP contribution in [0, 0.1) is 6.92 Å². The number of aryl methyl sites for hydroxylation is 1. The molecule has 4 aromatic rings. The fourth-order valence-electron chi connectivity index (χ4n) is 6.23. The minimum atomic E-state index is -1.68. The average Bonchev–Trinajstić information content (AvgIpc) is 3.37. The van der Waals surface area contributed by atoms with Gasteiger partial charge in [-0.05, 0) is 0 Å². The first-order chi connectivity index (χ1) is 16.5. The Morgan fingerprint density at radius 2 is 1.25 bits per heavy atom. The van der Waals surface area contributed by atoms with Crippen LogP contribution in [0.15, 0.2) is 90.5 Å². The minimum absolute atomic E-state index is 0. The molecule has 0 fully saturated rings. The van der Waals surface area contributed by atoms with E-state index in [1.54, 1.807) is 22.3 Å². The smallest absolute Gasteiger partial charge is 1.00 e.